The number of nitrogens with one attached hydrogen (secondary N) is 6. The lowest BCUT2D eigenvalue weighted by Crippen LogP contribution is -2.58. The summed E-state index contributed by atoms with van der Waals surface area (Å²) in [7, 11) is 0. The van der Waals surface area contributed by atoms with Gasteiger partial charge in [-0.2, -0.15) is 0 Å². The van der Waals surface area contributed by atoms with Crippen LogP contribution in [0.4, 0.5) is 0 Å². The van der Waals surface area contributed by atoms with E-state index in [1.807, 2.05) is 6.92 Å². The van der Waals surface area contributed by atoms with Gasteiger partial charge in [-0.1, -0.05) is 25.5 Å². The summed E-state index contributed by atoms with van der Waals surface area (Å²) in [4.78, 5) is 94.2. The van der Waals surface area contributed by atoms with Gasteiger partial charge in [0.05, 0.1) is 13.0 Å². The topological polar surface area (TPSA) is 297 Å². The van der Waals surface area contributed by atoms with Gasteiger partial charge in [-0.15, -0.1) is 0 Å². The molecule has 0 bridgehead atoms. The number of phenols is 1. The van der Waals surface area contributed by atoms with Crippen LogP contribution in [0.2, 0.25) is 0 Å². The Hall–Kier alpha value is -5.42. The fourth-order valence-electron chi connectivity index (χ4n) is 4.98. The van der Waals surface area contributed by atoms with Gasteiger partial charge >= 0.3 is 5.97 Å². The second-order valence-corrected chi connectivity index (χ2v) is 11.9. The van der Waals surface area contributed by atoms with Crippen molar-refractivity contribution in [1.29, 1.82) is 0 Å². The first kappa shape index (κ1) is 40.8. The average molecular weight is 704 g/mol. The Balaban J connectivity index is 2.41. The largest absolute Gasteiger partial charge is 0.508 e. The Morgan fingerprint density at radius 1 is 0.820 bits per heavy atom. The summed E-state index contributed by atoms with van der Waals surface area (Å²) < 4.78 is 0. The van der Waals surface area contributed by atoms with Gasteiger partial charge in [0.15, 0.2) is 5.96 Å². The number of hydrogen-bond acceptors (Lipinski definition) is 9. The third-order valence-corrected chi connectivity index (χ3v) is 7.67. The summed E-state index contributed by atoms with van der Waals surface area (Å²) in [6, 6.07) is 0.435. The van der Waals surface area contributed by atoms with Crippen molar-refractivity contribution in [3.63, 3.8) is 0 Å². The van der Waals surface area contributed by atoms with Crippen molar-refractivity contribution in [3.05, 3.63) is 29.8 Å². The molecule has 18 nitrogen and oxygen atoms in total. The summed E-state index contributed by atoms with van der Waals surface area (Å²) in [5.74, 6) is -5.86. The predicted octanol–water partition coefficient (Wildman–Crippen LogP) is -1.99. The number of aliphatic imine (C=N–C) groups is 1. The number of carbonyl (C=O) groups excluding carboxylic acids is 6. The monoisotopic (exact) mass is 703 g/mol. The number of aromatic hydroxyl groups is 1. The number of carboxylic acid groups (broad SMARTS) is 1. The maximum absolute atomic E-state index is 13.8. The number of amides is 6. The zero-order valence-corrected chi connectivity index (χ0v) is 28.2. The van der Waals surface area contributed by atoms with Crippen LogP contribution in [0.5, 0.6) is 5.75 Å². The minimum absolute atomic E-state index is 0.0390. The molecule has 1 heterocycles. The molecule has 50 heavy (non-hydrogen) atoms. The van der Waals surface area contributed by atoms with Crippen LogP contribution in [-0.2, 0) is 40.0 Å². The van der Waals surface area contributed by atoms with E-state index >= 15 is 0 Å². The van der Waals surface area contributed by atoms with Crippen LogP contribution in [0.25, 0.3) is 0 Å². The van der Waals surface area contributed by atoms with Crippen molar-refractivity contribution in [2.24, 2.45) is 16.5 Å². The molecule has 4 unspecified atom stereocenters. The highest BCUT2D eigenvalue weighted by Crippen LogP contribution is 2.13. The van der Waals surface area contributed by atoms with Crippen molar-refractivity contribution in [2.45, 2.75) is 95.3 Å². The molecule has 0 aromatic heterocycles. The molecule has 1 aliphatic heterocycles. The van der Waals surface area contributed by atoms with Crippen LogP contribution in [0.3, 0.4) is 0 Å². The third-order valence-electron chi connectivity index (χ3n) is 7.67. The highest BCUT2D eigenvalue weighted by atomic mass is 16.4. The van der Waals surface area contributed by atoms with Gasteiger partial charge in [-0.3, -0.25) is 38.6 Å². The van der Waals surface area contributed by atoms with Crippen LogP contribution >= 0.6 is 0 Å². The highest BCUT2D eigenvalue weighted by Gasteiger charge is 2.33. The van der Waals surface area contributed by atoms with Gasteiger partial charge in [-0.25, -0.2) is 0 Å². The number of unbranched alkanes of at least 4 members (excludes halogenated alkanes) is 2. The van der Waals surface area contributed by atoms with Gasteiger partial charge in [-0.05, 0) is 56.2 Å². The van der Waals surface area contributed by atoms with Gasteiger partial charge in [0.25, 0.3) is 0 Å². The van der Waals surface area contributed by atoms with E-state index in [1.165, 1.54) is 24.3 Å². The molecular formula is C32H49N9O9. The number of carboxylic acids is 1. The predicted molar refractivity (Wildman–Crippen MR) is 181 cm³/mol. The standard InChI is InChI=1S/C32H49N9O9/c1-2-3-9-25(43)35-14-5-4-7-22-29(48)39-21(8-6-15-36-32(33)34)28(47)37-18-26(44)38-24(17-27(45)46)31(50)41-23(30(49)40-22)16-19-10-12-20(42)13-11-19/h10-13,21-24,42H,2-9,14-18H2,1H3,(H,35,43)(H,37,47)(H,38,44)(H,39,48)(H,40,49)(H,41,50)(H,45,46)(H4,33,34,36). The lowest BCUT2D eigenvalue weighted by molar-refractivity contribution is -0.141. The molecule has 0 spiro atoms. The normalized spacial score (nSPS) is 20.5. The molecule has 0 saturated carbocycles. The molecule has 1 saturated heterocycles. The second kappa shape index (κ2) is 21.5. The van der Waals surface area contributed by atoms with E-state index < -0.39 is 72.6 Å². The number of carbonyl (C=O) groups is 7. The first-order chi connectivity index (χ1) is 23.8. The van der Waals surface area contributed by atoms with Gasteiger partial charge in [0, 0.05) is 25.9 Å². The van der Waals surface area contributed by atoms with Crippen molar-refractivity contribution >= 4 is 47.4 Å². The fourth-order valence-corrected chi connectivity index (χ4v) is 4.98. The van der Waals surface area contributed by atoms with Gasteiger partial charge < -0.3 is 53.6 Å². The van der Waals surface area contributed by atoms with E-state index in [4.69, 9.17) is 11.5 Å². The second-order valence-electron chi connectivity index (χ2n) is 11.9. The summed E-state index contributed by atoms with van der Waals surface area (Å²) in [6.45, 7) is 1.80. The number of phenolic OH excluding ortho intramolecular Hbond substituents is 1. The van der Waals surface area contributed by atoms with E-state index in [0.717, 1.165) is 12.8 Å². The Morgan fingerprint density at radius 3 is 2.06 bits per heavy atom. The molecule has 1 aromatic rings. The van der Waals surface area contributed by atoms with E-state index in [-0.39, 0.29) is 49.8 Å². The van der Waals surface area contributed by atoms with Crippen molar-refractivity contribution in [1.82, 2.24) is 31.9 Å². The number of nitrogens with zero attached hydrogens (tertiary/aromatic N) is 1. The molecule has 0 radical (unpaired) electrons. The van der Waals surface area contributed by atoms with E-state index in [1.54, 1.807) is 0 Å². The maximum Gasteiger partial charge on any atom is 0.305 e. The molecule has 18 heteroatoms. The summed E-state index contributed by atoms with van der Waals surface area (Å²) in [5, 5.41) is 34.4. The van der Waals surface area contributed by atoms with Crippen molar-refractivity contribution in [2.75, 3.05) is 19.6 Å². The Kier molecular flexibility index (Phi) is 17.5. The molecule has 1 aliphatic rings. The molecule has 4 atom stereocenters. The van der Waals surface area contributed by atoms with Crippen LogP contribution in [0.15, 0.2) is 29.3 Å². The van der Waals surface area contributed by atoms with E-state index in [2.05, 4.69) is 36.9 Å². The van der Waals surface area contributed by atoms with E-state index in [0.29, 0.717) is 31.4 Å². The summed E-state index contributed by atoms with van der Waals surface area (Å²) in [5.41, 5.74) is 11.3. The smallest absolute Gasteiger partial charge is 0.305 e. The summed E-state index contributed by atoms with van der Waals surface area (Å²) >= 11 is 0. The average Bonchev–Trinajstić information content (AvgIpc) is 3.06. The zero-order valence-electron chi connectivity index (χ0n) is 28.2. The first-order valence-corrected chi connectivity index (χ1v) is 16.6. The van der Waals surface area contributed by atoms with Crippen LogP contribution in [0, 0.1) is 0 Å². The molecule has 12 N–H and O–H groups in total. The minimum atomic E-state index is -1.62. The molecule has 0 aliphatic carbocycles. The van der Waals surface area contributed by atoms with Crippen LogP contribution in [-0.4, -0.2) is 101 Å². The number of aliphatic carboxylic acids is 1. The lowest BCUT2D eigenvalue weighted by Gasteiger charge is -2.26. The molecular weight excluding hydrogens is 654 g/mol. The lowest BCUT2D eigenvalue weighted by atomic mass is 10.0. The van der Waals surface area contributed by atoms with E-state index in [9.17, 15) is 43.8 Å². The van der Waals surface area contributed by atoms with Gasteiger partial charge in [0.1, 0.15) is 29.9 Å². The Morgan fingerprint density at radius 2 is 1.42 bits per heavy atom. The third kappa shape index (κ3) is 15.7. The number of rotatable bonds is 16. The quantitative estimate of drug-likeness (QED) is 0.0511. The first-order valence-electron chi connectivity index (χ1n) is 16.6. The maximum atomic E-state index is 13.8. The van der Waals surface area contributed by atoms with Crippen molar-refractivity contribution in [3.8, 4) is 5.75 Å². The molecule has 276 valence electrons. The van der Waals surface area contributed by atoms with Gasteiger partial charge in [0.2, 0.25) is 35.4 Å². The van der Waals surface area contributed by atoms with Crippen LogP contribution < -0.4 is 43.4 Å². The Bertz CT molecular complexity index is 1370. The number of benzene rings is 1. The SMILES string of the molecule is CCCCC(=O)NCCCCC1NC(=O)C(Cc2ccc(O)cc2)NC(=O)C(CC(=O)O)NC(=O)CNC(=O)C(CCCN=C(N)N)NC1=O. The molecule has 1 aromatic carbocycles. The summed E-state index contributed by atoms with van der Waals surface area (Å²) in [6.07, 6.45) is 2.31. The number of nitrogens with two attached hydrogens (primary N) is 2. The number of guanidine groups is 1. The van der Waals surface area contributed by atoms with Crippen LogP contribution in [0.1, 0.15) is 70.3 Å². The zero-order chi connectivity index (χ0) is 37.1. The fraction of sp³-hybridized carbons (Fsp3) is 0.562. The molecule has 2 rings (SSSR count). The highest BCUT2D eigenvalue weighted by molar-refractivity contribution is 5.98. The Labute approximate surface area is 290 Å². The molecule has 6 amide bonds. The van der Waals surface area contributed by atoms with Crippen molar-refractivity contribution < 1.29 is 43.8 Å². The number of hydrogen-bond donors (Lipinski definition) is 10. The minimum Gasteiger partial charge on any atom is -0.508 e. The molecule has 1 fully saturated rings.